The van der Waals surface area contributed by atoms with E-state index in [-0.39, 0.29) is 5.97 Å². The Hall–Kier alpha value is -1.39. The average Bonchev–Trinajstić information content (AvgIpc) is 2.81. The molecule has 0 aliphatic carbocycles. The van der Waals surface area contributed by atoms with E-state index in [2.05, 4.69) is 36.8 Å². The summed E-state index contributed by atoms with van der Waals surface area (Å²) in [5.41, 5.74) is 2.98. The maximum absolute atomic E-state index is 11.4. The molecular weight excluding hydrogens is 252 g/mol. The van der Waals surface area contributed by atoms with Gasteiger partial charge < -0.3 is 14.5 Å². The molecule has 20 heavy (non-hydrogen) atoms. The summed E-state index contributed by atoms with van der Waals surface area (Å²) in [5, 5.41) is 0. The Balaban J connectivity index is 1.89. The molecule has 1 aliphatic heterocycles. The second-order valence-corrected chi connectivity index (χ2v) is 5.33. The van der Waals surface area contributed by atoms with Gasteiger partial charge in [0.05, 0.1) is 5.56 Å². The van der Waals surface area contributed by atoms with Crippen LogP contribution in [0.3, 0.4) is 0 Å². The standard InChI is InChI=1S/C16H24N2O2/c1-4-18(5-2)9-8-17(3)11-13-6-7-15-14(10-13)12-20-16(15)19/h6-7,10H,4-5,8-9,11-12H2,1-3H3. The van der Waals surface area contributed by atoms with Crippen molar-refractivity contribution < 1.29 is 9.53 Å². The van der Waals surface area contributed by atoms with E-state index in [0.717, 1.165) is 43.9 Å². The fourth-order valence-electron chi connectivity index (χ4n) is 2.53. The van der Waals surface area contributed by atoms with Crippen LogP contribution in [0.2, 0.25) is 0 Å². The minimum Gasteiger partial charge on any atom is -0.457 e. The molecule has 0 saturated carbocycles. The first kappa shape index (κ1) is 15.0. The van der Waals surface area contributed by atoms with Gasteiger partial charge in [-0.3, -0.25) is 0 Å². The average molecular weight is 276 g/mol. The lowest BCUT2D eigenvalue weighted by atomic mass is 10.1. The van der Waals surface area contributed by atoms with Gasteiger partial charge in [-0.1, -0.05) is 26.0 Å². The Morgan fingerprint density at radius 1 is 1.20 bits per heavy atom. The fraction of sp³-hybridized carbons (Fsp3) is 0.562. The number of nitrogens with zero attached hydrogens (tertiary/aromatic N) is 2. The second-order valence-electron chi connectivity index (χ2n) is 5.33. The van der Waals surface area contributed by atoms with Crippen molar-refractivity contribution in [3.8, 4) is 0 Å². The van der Waals surface area contributed by atoms with Crippen molar-refractivity contribution in [1.82, 2.24) is 9.80 Å². The minimum atomic E-state index is -0.193. The van der Waals surface area contributed by atoms with Gasteiger partial charge in [0.15, 0.2) is 0 Å². The minimum absolute atomic E-state index is 0.193. The molecule has 4 nitrogen and oxygen atoms in total. The lowest BCUT2D eigenvalue weighted by Gasteiger charge is -2.23. The monoisotopic (exact) mass is 276 g/mol. The number of hydrogen-bond acceptors (Lipinski definition) is 4. The van der Waals surface area contributed by atoms with Gasteiger partial charge >= 0.3 is 5.97 Å². The fourth-order valence-corrected chi connectivity index (χ4v) is 2.53. The molecule has 0 aromatic heterocycles. The SMILES string of the molecule is CCN(CC)CCN(C)Cc1ccc2c(c1)COC2=O. The van der Waals surface area contributed by atoms with Crippen molar-refractivity contribution in [3.63, 3.8) is 0 Å². The van der Waals surface area contributed by atoms with Gasteiger partial charge in [0.2, 0.25) is 0 Å². The Bertz CT molecular complexity index is 470. The number of esters is 1. The molecule has 0 unspecified atom stereocenters. The van der Waals surface area contributed by atoms with Crippen LogP contribution in [0.1, 0.15) is 35.3 Å². The first-order valence-electron chi connectivity index (χ1n) is 7.33. The number of hydrogen-bond donors (Lipinski definition) is 0. The van der Waals surface area contributed by atoms with E-state index >= 15 is 0 Å². The molecule has 0 saturated heterocycles. The topological polar surface area (TPSA) is 32.8 Å². The third-order valence-electron chi connectivity index (χ3n) is 3.89. The summed E-state index contributed by atoms with van der Waals surface area (Å²) in [6.07, 6.45) is 0. The van der Waals surface area contributed by atoms with Crippen LogP contribution in [-0.2, 0) is 17.9 Å². The van der Waals surface area contributed by atoms with Gasteiger partial charge in [-0.15, -0.1) is 0 Å². The Morgan fingerprint density at radius 2 is 1.95 bits per heavy atom. The maximum atomic E-state index is 11.4. The van der Waals surface area contributed by atoms with Crippen molar-refractivity contribution in [1.29, 1.82) is 0 Å². The number of rotatable bonds is 7. The molecule has 4 heteroatoms. The van der Waals surface area contributed by atoms with Gasteiger partial charge in [-0.2, -0.15) is 0 Å². The zero-order chi connectivity index (χ0) is 14.5. The van der Waals surface area contributed by atoms with Crippen molar-refractivity contribution in [2.24, 2.45) is 0 Å². The summed E-state index contributed by atoms with van der Waals surface area (Å²) >= 11 is 0. The van der Waals surface area contributed by atoms with Gasteiger partial charge in [0.1, 0.15) is 6.61 Å². The van der Waals surface area contributed by atoms with Crippen LogP contribution in [0.4, 0.5) is 0 Å². The quantitative estimate of drug-likeness (QED) is 0.714. The highest BCUT2D eigenvalue weighted by Crippen LogP contribution is 2.21. The normalized spacial score (nSPS) is 13.9. The molecule has 1 aliphatic rings. The molecule has 0 N–H and O–H groups in total. The number of ether oxygens (including phenoxy) is 1. The third kappa shape index (κ3) is 3.58. The number of fused-ring (bicyclic) bond motifs is 1. The molecule has 1 heterocycles. The van der Waals surface area contributed by atoms with Crippen molar-refractivity contribution >= 4 is 5.97 Å². The van der Waals surface area contributed by atoms with Gasteiger partial charge in [0.25, 0.3) is 0 Å². The highest BCUT2D eigenvalue weighted by atomic mass is 16.5. The predicted octanol–water partition coefficient (Wildman–Crippen LogP) is 2.13. The van der Waals surface area contributed by atoms with Crippen LogP contribution in [0.5, 0.6) is 0 Å². The maximum Gasteiger partial charge on any atom is 0.338 e. The van der Waals surface area contributed by atoms with Crippen molar-refractivity contribution in [2.45, 2.75) is 27.0 Å². The van der Waals surface area contributed by atoms with E-state index < -0.39 is 0 Å². The van der Waals surface area contributed by atoms with Crippen LogP contribution < -0.4 is 0 Å². The zero-order valence-electron chi connectivity index (χ0n) is 12.7. The van der Waals surface area contributed by atoms with Crippen LogP contribution in [-0.4, -0.2) is 49.0 Å². The highest BCUT2D eigenvalue weighted by molar-refractivity contribution is 5.93. The number of benzene rings is 1. The molecule has 2 rings (SSSR count). The smallest absolute Gasteiger partial charge is 0.338 e. The molecule has 0 fully saturated rings. The van der Waals surface area contributed by atoms with Crippen molar-refractivity contribution in [2.75, 3.05) is 33.2 Å². The molecule has 1 aromatic carbocycles. The molecular formula is C16H24N2O2. The molecule has 0 bridgehead atoms. The van der Waals surface area contributed by atoms with Crippen LogP contribution >= 0.6 is 0 Å². The molecule has 0 amide bonds. The van der Waals surface area contributed by atoms with E-state index in [0.29, 0.717) is 6.61 Å². The first-order chi connectivity index (χ1) is 9.63. The van der Waals surface area contributed by atoms with Gasteiger partial charge in [-0.05, 0) is 31.8 Å². The molecule has 1 aromatic rings. The van der Waals surface area contributed by atoms with Crippen LogP contribution in [0, 0.1) is 0 Å². The van der Waals surface area contributed by atoms with Crippen LogP contribution in [0.25, 0.3) is 0 Å². The van der Waals surface area contributed by atoms with E-state index in [1.165, 1.54) is 5.56 Å². The molecule has 0 radical (unpaired) electrons. The van der Waals surface area contributed by atoms with Crippen molar-refractivity contribution in [3.05, 3.63) is 34.9 Å². The Labute approximate surface area is 121 Å². The third-order valence-corrected chi connectivity index (χ3v) is 3.89. The summed E-state index contributed by atoms with van der Waals surface area (Å²) in [6, 6.07) is 6.01. The van der Waals surface area contributed by atoms with E-state index in [1.807, 2.05) is 12.1 Å². The predicted molar refractivity (Wildman–Crippen MR) is 79.7 cm³/mol. The Kier molecular flexibility index (Phi) is 5.15. The lowest BCUT2D eigenvalue weighted by molar-refractivity contribution is 0.0535. The van der Waals surface area contributed by atoms with E-state index in [1.54, 1.807) is 0 Å². The summed E-state index contributed by atoms with van der Waals surface area (Å²) in [5.74, 6) is -0.193. The lowest BCUT2D eigenvalue weighted by Crippen LogP contribution is -2.32. The number of cyclic esters (lactones) is 1. The van der Waals surface area contributed by atoms with Gasteiger partial charge in [0, 0.05) is 25.2 Å². The van der Waals surface area contributed by atoms with E-state index in [4.69, 9.17) is 4.74 Å². The molecule has 0 atom stereocenters. The number of carbonyl (C=O) groups is 1. The van der Waals surface area contributed by atoms with E-state index in [9.17, 15) is 4.79 Å². The molecule has 110 valence electrons. The summed E-state index contributed by atoms with van der Waals surface area (Å²) in [6.45, 7) is 10.1. The largest absolute Gasteiger partial charge is 0.457 e. The zero-order valence-corrected chi connectivity index (χ0v) is 12.7. The highest BCUT2D eigenvalue weighted by Gasteiger charge is 2.20. The van der Waals surface area contributed by atoms with Gasteiger partial charge in [-0.25, -0.2) is 4.79 Å². The second kappa shape index (κ2) is 6.86. The summed E-state index contributed by atoms with van der Waals surface area (Å²) < 4.78 is 5.03. The number of carbonyl (C=O) groups excluding carboxylic acids is 1. The summed E-state index contributed by atoms with van der Waals surface area (Å²) in [7, 11) is 2.14. The molecule has 0 spiro atoms. The first-order valence-corrected chi connectivity index (χ1v) is 7.33. The van der Waals surface area contributed by atoms with Crippen LogP contribution in [0.15, 0.2) is 18.2 Å². The Morgan fingerprint density at radius 3 is 2.65 bits per heavy atom. The number of likely N-dealkylation sites (N-methyl/N-ethyl adjacent to an activating group) is 2. The summed E-state index contributed by atoms with van der Waals surface area (Å²) in [4.78, 5) is 16.1.